The molecule has 0 unspecified atom stereocenters. The van der Waals surface area contributed by atoms with Crippen molar-refractivity contribution in [3.8, 4) is 0 Å². The molecule has 6 rings (SSSR count). The molecule has 2 aromatic rings. The van der Waals surface area contributed by atoms with Crippen LogP contribution in [0.25, 0.3) is 6.08 Å². The Labute approximate surface area is 165 Å². The number of amides is 1. The van der Waals surface area contributed by atoms with Gasteiger partial charge in [0, 0.05) is 11.8 Å². The van der Waals surface area contributed by atoms with Gasteiger partial charge in [-0.1, -0.05) is 24.3 Å². The molecule has 3 heteroatoms. The van der Waals surface area contributed by atoms with Crippen LogP contribution in [0.15, 0.2) is 54.6 Å². The fourth-order valence-electron chi connectivity index (χ4n) is 6.30. The smallest absolute Gasteiger partial charge is 0.248 e. The lowest BCUT2D eigenvalue weighted by atomic mass is 9.48. The highest BCUT2D eigenvalue weighted by Gasteiger charge is 2.51. The normalized spacial score (nSPS) is 30.7. The molecule has 4 aliphatic rings. The fraction of sp³-hybridized carbons (Fsp3) is 0.400. The number of halogens is 1. The number of hydrogen-bond acceptors (Lipinski definition) is 1. The van der Waals surface area contributed by atoms with Crippen molar-refractivity contribution in [2.75, 3.05) is 5.32 Å². The first kappa shape index (κ1) is 17.7. The average Bonchev–Trinajstić information content (AvgIpc) is 2.67. The van der Waals surface area contributed by atoms with Gasteiger partial charge in [0.2, 0.25) is 5.91 Å². The van der Waals surface area contributed by atoms with Crippen LogP contribution in [0.5, 0.6) is 0 Å². The first-order chi connectivity index (χ1) is 13.6. The SMILES string of the molecule is O=C(/C=C/c1ccc(F)cc1)Nc1ccc(C23CC4CC(CC(C4)C2)C3)cc1. The van der Waals surface area contributed by atoms with Crippen LogP contribution >= 0.6 is 0 Å². The molecular weight excluding hydrogens is 349 g/mol. The Kier molecular flexibility index (Phi) is 4.34. The molecule has 1 amide bonds. The lowest BCUT2D eigenvalue weighted by Crippen LogP contribution is -2.48. The maximum absolute atomic E-state index is 12.9. The second-order valence-electron chi connectivity index (χ2n) is 9.15. The summed E-state index contributed by atoms with van der Waals surface area (Å²) in [4.78, 5) is 12.2. The van der Waals surface area contributed by atoms with Gasteiger partial charge in [-0.25, -0.2) is 4.39 Å². The van der Waals surface area contributed by atoms with Crippen molar-refractivity contribution >= 4 is 17.7 Å². The van der Waals surface area contributed by atoms with Crippen molar-refractivity contribution < 1.29 is 9.18 Å². The Morgan fingerprint density at radius 1 is 0.893 bits per heavy atom. The quantitative estimate of drug-likeness (QED) is 0.658. The summed E-state index contributed by atoms with van der Waals surface area (Å²) in [7, 11) is 0. The fourth-order valence-corrected chi connectivity index (χ4v) is 6.30. The molecule has 144 valence electrons. The van der Waals surface area contributed by atoms with E-state index in [1.165, 1.54) is 62.3 Å². The third-order valence-electron chi connectivity index (χ3n) is 7.10. The molecule has 2 nitrogen and oxygen atoms in total. The van der Waals surface area contributed by atoms with E-state index in [-0.39, 0.29) is 11.7 Å². The van der Waals surface area contributed by atoms with Crippen molar-refractivity contribution in [1.29, 1.82) is 0 Å². The van der Waals surface area contributed by atoms with Gasteiger partial charge in [0.25, 0.3) is 0 Å². The van der Waals surface area contributed by atoms with E-state index in [0.717, 1.165) is 29.0 Å². The summed E-state index contributed by atoms with van der Waals surface area (Å²) in [6, 6.07) is 14.6. The van der Waals surface area contributed by atoms with E-state index in [4.69, 9.17) is 0 Å². The van der Waals surface area contributed by atoms with Gasteiger partial charge in [0.05, 0.1) is 0 Å². The van der Waals surface area contributed by atoms with Crippen LogP contribution in [0, 0.1) is 23.6 Å². The molecular formula is C25H26FNO. The summed E-state index contributed by atoms with van der Waals surface area (Å²) in [5.74, 6) is 2.35. The van der Waals surface area contributed by atoms with Crippen molar-refractivity contribution in [1.82, 2.24) is 0 Å². The second kappa shape index (κ2) is 6.88. The van der Waals surface area contributed by atoms with Crippen LogP contribution in [0.3, 0.4) is 0 Å². The predicted molar refractivity (Wildman–Crippen MR) is 110 cm³/mol. The molecule has 0 aromatic heterocycles. The first-order valence-corrected chi connectivity index (χ1v) is 10.4. The highest BCUT2D eigenvalue weighted by atomic mass is 19.1. The number of anilines is 1. The lowest BCUT2D eigenvalue weighted by molar-refractivity contribution is -0.111. The van der Waals surface area contributed by atoms with Gasteiger partial charge < -0.3 is 5.32 Å². The minimum absolute atomic E-state index is 0.174. The Balaban J connectivity index is 1.25. The molecule has 0 radical (unpaired) electrons. The highest BCUT2D eigenvalue weighted by Crippen LogP contribution is 2.60. The summed E-state index contributed by atoms with van der Waals surface area (Å²) < 4.78 is 12.9. The van der Waals surface area contributed by atoms with Gasteiger partial charge in [-0.15, -0.1) is 0 Å². The third-order valence-corrected chi connectivity index (χ3v) is 7.10. The van der Waals surface area contributed by atoms with Gasteiger partial charge in [0.15, 0.2) is 0 Å². The van der Waals surface area contributed by atoms with Crippen molar-refractivity contribution in [3.63, 3.8) is 0 Å². The molecule has 4 aliphatic carbocycles. The maximum atomic E-state index is 12.9. The zero-order valence-electron chi connectivity index (χ0n) is 16.0. The Morgan fingerprint density at radius 3 is 2.04 bits per heavy atom. The van der Waals surface area contributed by atoms with Gasteiger partial charge in [-0.2, -0.15) is 0 Å². The van der Waals surface area contributed by atoms with E-state index in [1.807, 2.05) is 12.1 Å². The largest absolute Gasteiger partial charge is 0.323 e. The summed E-state index contributed by atoms with van der Waals surface area (Å²) >= 11 is 0. The highest BCUT2D eigenvalue weighted by molar-refractivity contribution is 6.01. The van der Waals surface area contributed by atoms with E-state index in [0.29, 0.717) is 5.41 Å². The average molecular weight is 375 g/mol. The Hall–Kier alpha value is -2.42. The summed E-state index contributed by atoms with van der Waals surface area (Å²) in [6.45, 7) is 0. The summed E-state index contributed by atoms with van der Waals surface area (Å²) in [5.41, 5.74) is 3.47. The van der Waals surface area contributed by atoms with Gasteiger partial charge in [0.1, 0.15) is 5.82 Å². The Morgan fingerprint density at radius 2 is 1.46 bits per heavy atom. The molecule has 1 N–H and O–H groups in total. The monoisotopic (exact) mass is 375 g/mol. The topological polar surface area (TPSA) is 29.1 Å². The van der Waals surface area contributed by atoms with Crippen molar-refractivity contribution in [2.24, 2.45) is 17.8 Å². The van der Waals surface area contributed by atoms with Crippen LogP contribution in [0.2, 0.25) is 0 Å². The van der Waals surface area contributed by atoms with Crippen LogP contribution in [0.1, 0.15) is 49.7 Å². The van der Waals surface area contributed by atoms with Crippen LogP contribution < -0.4 is 5.32 Å². The number of rotatable bonds is 4. The standard InChI is InChI=1S/C25H26FNO/c26-22-6-1-17(2-7-22)3-10-24(28)27-23-8-4-21(5-9-23)25-14-18-11-19(15-25)13-20(12-18)16-25/h1-10,18-20H,11-16H2,(H,27,28)/b10-3+. The van der Waals surface area contributed by atoms with E-state index in [1.54, 1.807) is 18.2 Å². The van der Waals surface area contributed by atoms with Crippen LogP contribution in [0.4, 0.5) is 10.1 Å². The first-order valence-electron chi connectivity index (χ1n) is 10.4. The molecule has 2 aromatic carbocycles. The zero-order chi connectivity index (χ0) is 19.1. The minimum Gasteiger partial charge on any atom is -0.323 e. The molecule has 4 bridgehead atoms. The molecule has 28 heavy (non-hydrogen) atoms. The minimum atomic E-state index is -0.277. The van der Waals surface area contributed by atoms with E-state index in [9.17, 15) is 9.18 Å². The number of hydrogen-bond donors (Lipinski definition) is 1. The zero-order valence-corrected chi connectivity index (χ0v) is 16.0. The number of nitrogens with one attached hydrogen (secondary N) is 1. The maximum Gasteiger partial charge on any atom is 0.248 e. The van der Waals surface area contributed by atoms with Gasteiger partial charge in [-0.05, 0) is 103 Å². The number of carbonyl (C=O) groups is 1. The Bertz CT molecular complexity index is 862. The molecule has 0 aliphatic heterocycles. The second-order valence-corrected chi connectivity index (χ2v) is 9.15. The number of benzene rings is 2. The molecule has 4 saturated carbocycles. The molecule has 0 spiro atoms. The van der Waals surface area contributed by atoms with Crippen LogP contribution in [-0.4, -0.2) is 5.91 Å². The molecule has 0 heterocycles. The molecule has 0 atom stereocenters. The van der Waals surface area contributed by atoms with E-state index < -0.39 is 0 Å². The lowest BCUT2D eigenvalue weighted by Gasteiger charge is -2.57. The van der Waals surface area contributed by atoms with Gasteiger partial charge >= 0.3 is 0 Å². The summed E-state index contributed by atoms with van der Waals surface area (Å²) in [5, 5.41) is 2.92. The predicted octanol–water partition coefficient (Wildman–Crippen LogP) is 5.95. The molecule has 0 saturated heterocycles. The van der Waals surface area contributed by atoms with E-state index >= 15 is 0 Å². The van der Waals surface area contributed by atoms with E-state index in [2.05, 4.69) is 17.4 Å². The summed E-state index contributed by atoms with van der Waals surface area (Å²) in [6.07, 6.45) is 11.6. The third kappa shape index (κ3) is 3.39. The number of carbonyl (C=O) groups excluding carboxylic acids is 1. The van der Waals surface area contributed by atoms with Crippen molar-refractivity contribution in [3.05, 3.63) is 71.6 Å². The van der Waals surface area contributed by atoms with Gasteiger partial charge in [-0.3, -0.25) is 4.79 Å². The van der Waals surface area contributed by atoms with Crippen molar-refractivity contribution in [2.45, 2.75) is 43.9 Å². The van der Waals surface area contributed by atoms with Crippen LogP contribution in [-0.2, 0) is 10.2 Å². The molecule has 4 fully saturated rings.